The van der Waals surface area contributed by atoms with Crippen molar-refractivity contribution < 1.29 is 4.74 Å². The third-order valence-electron chi connectivity index (χ3n) is 2.71. The summed E-state index contributed by atoms with van der Waals surface area (Å²) < 4.78 is 5.71. The average molecular weight is 325 g/mol. The Morgan fingerprint density at radius 2 is 1.83 bits per heavy atom. The minimum Gasteiger partial charge on any atom is -0.494 e. The van der Waals surface area contributed by atoms with Gasteiger partial charge in [0.25, 0.3) is 0 Å². The van der Waals surface area contributed by atoms with Crippen molar-refractivity contribution in [1.82, 2.24) is 0 Å². The molecule has 0 N–H and O–H groups in total. The van der Waals surface area contributed by atoms with Crippen LogP contribution >= 0.6 is 27.3 Å². The van der Waals surface area contributed by atoms with Crippen molar-refractivity contribution in [2.24, 2.45) is 0 Å². The maximum Gasteiger partial charge on any atom is 0.119 e. The van der Waals surface area contributed by atoms with Gasteiger partial charge >= 0.3 is 0 Å². The Balaban J connectivity index is 1.81. The molecule has 2 rings (SSSR count). The van der Waals surface area contributed by atoms with Crippen LogP contribution in [0.5, 0.6) is 5.75 Å². The fourth-order valence-electron chi connectivity index (χ4n) is 1.72. The molecule has 1 nitrogen and oxygen atoms in total. The Hall–Kier alpha value is -0.800. The van der Waals surface area contributed by atoms with Crippen LogP contribution in [-0.2, 0) is 0 Å². The van der Waals surface area contributed by atoms with Crippen molar-refractivity contribution in [2.75, 3.05) is 11.9 Å². The molecule has 1 aromatic heterocycles. The lowest BCUT2D eigenvalue weighted by Crippen LogP contribution is -1.97. The van der Waals surface area contributed by atoms with E-state index < -0.39 is 0 Å². The maximum atomic E-state index is 5.71. The predicted octanol–water partition coefficient (Wildman–Crippen LogP) is 5.36. The van der Waals surface area contributed by atoms with Gasteiger partial charge in [0.15, 0.2) is 0 Å². The largest absolute Gasteiger partial charge is 0.494 e. The van der Waals surface area contributed by atoms with E-state index in [1.54, 1.807) is 11.3 Å². The number of rotatable bonds is 7. The molecule has 0 aliphatic carbocycles. The molecular weight excluding hydrogens is 308 g/mol. The van der Waals surface area contributed by atoms with E-state index in [0.29, 0.717) is 0 Å². The van der Waals surface area contributed by atoms with Crippen LogP contribution < -0.4 is 4.74 Å². The second-order valence-corrected chi connectivity index (χ2v) is 5.84. The quantitative estimate of drug-likeness (QED) is 0.492. The summed E-state index contributed by atoms with van der Waals surface area (Å²) in [6.45, 7) is 0.811. The zero-order valence-electron chi connectivity index (χ0n) is 10.3. The number of halogens is 1. The summed E-state index contributed by atoms with van der Waals surface area (Å²) in [5.41, 5.74) is 1.26. The van der Waals surface area contributed by atoms with Crippen LogP contribution in [0.2, 0.25) is 0 Å². The smallest absolute Gasteiger partial charge is 0.119 e. The van der Waals surface area contributed by atoms with Crippen LogP contribution in [0.3, 0.4) is 0 Å². The van der Waals surface area contributed by atoms with Crippen LogP contribution in [0, 0.1) is 0 Å². The Morgan fingerprint density at radius 1 is 1.00 bits per heavy atom. The lowest BCUT2D eigenvalue weighted by Gasteiger charge is -2.06. The molecule has 0 saturated carbocycles. The van der Waals surface area contributed by atoms with Crippen molar-refractivity contribution in [3.8, 4) is 16.2 Å². The minimum atomic E-state index is 0.811. The number of ether oxygens (including phenoxy) is 1. The SMILES string of the molecule is BrCCCCCOc1ccc(-c2cccs2)cc1. The van der Waals surface area contributed by atoms with Gasteiger partial charge in [0.05, 0.1) is 6.61 Å². The van der Waals surface area contributed by atoms with E-state index in [9.17, 15) is 0 Å². The summed E-state index contributed by atoms with van der Waals surface area (Å²) in [6, 6.07) is 12.6. The standard InChI is InChI=1S/C15H17BrOS/c16-10-2-1-3-11-17-14-8-6-13(7-9-14)15-5-4-12-18-15/h4-9,12H,1-3,10-11H2. The van der Waals surface area contributed by atoms with Crippen LogP contribution in [0.1, 0.15) is 19.3 Å². The molecule has 18 heavy (non-hydrogen) atoms. The Bertz CT molecular complexity index is 436. The summed E-state index contributed by atoms with van der Waals surface area (Å²) in [6.07, 6.45) is 3.57. The molecule has 1 heterocycles. The van der Waals surface area contributed by atoms with Crippen molar-refractivity contribution >= 4 is 27.3 Å². The first-order valence-electron chi connectivity index (χ1n) is 6.23. The van der Waals surface area contributed by atoms with E-state index in [1.165, 1.54) is 23.3 Å². The average Bonchev–Trinajstić information content (AvgIpc) is 2.93. The van der Waals surface area contributed by atoms with Gasteiger partial charge < -0.3 is 4.74 Å². The van der Waals surface area contributed by atoms with Gasteiger partial charge in [-0.15, -0.1) is 11.3 Å². The Kier molecular flexibility index (Phi) is 5.75. The molecule has 0 atom stereocenters. The fraction of sp³-hybridized carbons (Fsp3) is 0.333. The molecule has 0 spiro atoms. The summed E-state index contributed by atoms with van der Waals surface area (Å²) >= 11 is 5.20. The highest BCUT2D eigenvalue weighted by Gasteiger charge is 1.99. The molecule has 0 saturated heterocycles. The van der Waals surface area contributed by atoms with Crippen molar-refractivity contribution in [1.29, 1.82) is 0 Å². The molecule has 96 valence electrons. The molecule has 2 aromatic rings. The number of benzene rings is 1. The highest BCUT2D eigenvalue weighted by Crippen LogP contribution is 2.26. The van der Waals surface area contributed by atoms with E-state index in [4.69, 9.17) is 4.74 Å². The van der Waals surface area contributed by atoms with Gasteiger partial charge in [-0.1, -0.05) is 22.0 Å². The number of hydrogen-bond acceptors (Lipinski definition) is 2. The van der Waals surface area contributed by atoms with Crippen molar-refractivity contribution in [3.63, 3.8) is 0 Å². The van der Waals surface area contributed by atoms with Gasteiger partial charge in [0, 0.05) is 10.2 Å². The summed E-state index contributed by atoms with van der Waals surface area (Å²) in [7, 11) is 0. The summed E-state index contributed by atoms with van der Waals surface area (Å²) in [5, 5.41) is 3.19. The molecule has 0 aliphatic heterocycles. The first kappa shape index (κ1) is 13.6. The number of thiophene rings is 1. The van der Waals surface area contributed by atoms with E-state index in [0.717, 1.165) is 24.1 Å². The molecule has 0 bridgehead atoms. The van der Waals surface area contributed by atoms with Crippen LogP contribution in [-0.4, -0.2) is 11.9 Å². The zero-order chi connectivity index (χ0) is 12.6. The van der Waals surface area contributed by atoms with Crippen molar-refractivity contribution in [3.05, 3.63) is 41.8 Å². The third-order valence-corrected chi connectivity index (χ3v) is 4.19. The molecule has 0 aliphatic rings. The number of unbranched alkanes of at least 4 members (excludes halogenated alkanes) is 2. The molecule has 3 heteroatoms. The fourth-order valence-corrected chi connectivity index (χ4v) is 2.85. The molecule has 0 unspecified atom stereocenters. The van der Waals surface area contributed by atoms with Crippen LogP contribution in [0.25, 0.3) is 10.4 Å². The third kappa shape index (κ3) is 4.14. The van der Waals surface area contributed by atoms with Gasteiger partial charge in [-0.25, -0.2) is 0 Å². The zero-order valence-corrected chi connectivity index (χ0v) is 12.7. The molecule has 0 amide bonds. The van der Waals surface area contributed by atoms with Gasteiger partial charge in [-0.05, 0) is 60.5 Å². The second kappa shape index (κ2) is 7.59. The van der Waals surface area contributed by atoms with Gasteiger partial charge in [0.2, 0.25) is 0 Å². The Morgan fingerprint density at radius 3 is 2.50 bits per heavy atom. The first-order chi connectivity index (χ1) is 8.90. The van der Waals surface area contributed by atoms with Crippen molar-refractivity contribution in [2.45, 2.75) is 19.3 Å². The van der Waals surface area contributed by atoms with Gasteiger partial charge in [-0.2, -0.15) is 0 Å². The van der Waals surface area contributed by atoms with Crippen LogP contribution in [0.4, 0.5) is 0 Å². The first-order valence-corrected chi connectivity index (χ1v) is 8.23. The lowest BCUT2D eigenvalue weighted by atomic mass is 10.2. The monoisotopic (exact) mass is 324 g/mol. The minimum absolute atomic E-state index is 0.811. The number of hydrogen-bond donors (Lipinski definition) is 0. The molecule has 0 radical (unpaired) electrons. The van der Waals surface area contributed by atoms with E-state index in [1.807, 2.05) is 0 Å². The second-order valence-electron chi connectivity index (χ2n) is 4.10. The van der Waals surface area contributed by atoms with Crippen LogP contribution in [0.15, 0.2) is 41.8 Å². The normalized spacial score (nSPS) is 10.5. The topological polar surface area (TPSA) is 9.23 Å². The van der Waals surface area contributed by atoms with Gasteiger partial charge in [0.1, 0.15) is 5.75 Å². The summed E-state index contributed by atoms with van der Waals surface area (Å²) in [5.74, 6) is 0.967. The molecule has 0 fully saturated rings. The van der Waals surface area contributed by atoms with Gasteiger partial charge in [-0.3, -0.25) is 0 Å². The highest BCUT2D eigenvalue weighted by atomic mass is 79.9. The van der Waals surface area contributed by atoms with E-state index in [2.05, 4.69) is 57.7 Å². The Labute approximate surface area is 121 Å². The lowest BCUT2D eigenvalue weighted by molar-refractivity contribution is 0.306. The van der Waals surface area contributed by atoms with E-state index >= 15 is 0 Å². The highest BCUT2D eigenvalue weighted by molar-refractivity contribution is 9.09. The molecule has 1 aromatic carbocycles. The predicted molar refractivity (Wildman–Crippen MR) is 82.9 cm³/mol. The maximum absolute atomic E-state index is 5.71. The van der Waals surface area contributed by atoms with E-state index in [-0.39, 0.29) is 0 Å². The number of alkyl halides is 1. The molecular formula is C15H17BrOS. The summed E-state index contributed by atoms with van der Waals surface area (Å²) in [4.78, 5) is 1.30.